The number of aromatic nitrogens is 3. The largest absolute Gasteiger partial charge is 0.320 e. The van der Waals surface area contributed by atoms with Gasteiger partial charge in [-0.25, -0.2) is 0 Å². The summed E-state index contributed by atoms with van der Waals surface area (Å²) < 4.78 is 0. The molecule has 0 unspecified atom stereocenters. The Bertz CT molecular complexity index is 1260. The summed E-state index contributed by atoms with van der Waals surface area (Å²) in [5.41, 5.74) is -0.464. The first-order chi connectivity index (χ1) is 12.1. The molecule has 2 N–H and O–H groups in total. The molecule has 4 rings (SSSR count). The number of fused-ring (bicyclic) bond motifs is 2. The van der Waals surface area contributed by atoms with E-state index in [1.54, 1.807) is 36.4 Å². The molecule has 122 valence electrons. The highest BCUT2D eigenvalue weighted by Gasteiger charge is 2.20. The van der Waals surface area contributed by atoms with Crippen LogP contribution in [0.25, 0.3) is 21.8 Å². The normalized spacial score (nSPS) is 11.1. The van der Waals surface area contributed by atoms with E-state index in [1.807, 2.05) is 0 Å². The number of benzene rings is 2. The van der Waals surface area contributed by atoms with Gasteiger partial charge in [0.25, 0.3) is 5.56 Å². The molecule has 0 aliphatic rings. The zero-order valence-electron chi connectivity index (χ0n) is 12.7. The van der Waals surface area contributed by atoms with E-state index in [0.717, 1.165) is 0 Å². The number of rotatable bonds is 2. The molecule has 2 aromatic carbocycles. The molecule has 0 atom stereocenters. The highest BCUT2D eigenvalue weighted by atomic mass is 35.5. The third kappa shape index (κ3) is 2.43. The minimum Gasteiger partial charge on any atom is -0.320 e. The van der Waals surface area contributed by atoms with Crippen molar-refractivity contribution in [3.8, 4) is 0 Å². The van der Waals surface area contributed by atoms with E-state index in [9.17, 15) is 14.4 Å². The molecule has 0 amide bonds. The van der Waals surface area contributed by atoms with Crippen LogP contribution in [0.4, 0.5) is 0 Å². The maximum absolute atomic E-state index is 13.0. The number of H-pyrrole nitrogens is 2. The molecule has 4 aromatic rings. The first-order valence-electron chi connectivity index (χ1n) is 7.40. The van der Waals surface area contributed by atoms with Gasteiger partial charge in [0.1, 0.15) is 11.2 Å². The van der Waals surface area contributed by atoms with Crippen molar-refractivity contribution in [2.45, 2.75) is 0 Å². The van der Waals surface area contributed by atoms with Gasteiger partial charge in [-0.2, -0.15) is 5.10 Å². The standard InChI is InChI=1S/C18H10ClN3O3/c19-10-6-7-11-12(8-10)20-18(25)15-13(17(11)24)14(21-22-15)16(23)9-4-2-1-3-5-9/h1-8H,(H,20,25)(H,21,22). The second kappa shape index (κ2) is 5.68. The second-order valence-corrected chi connectivity index (χ2v) is 5.93. The van der Waals surface area contributed by atoms with Crippen LogP contribution < -0.4 is 11.0 Å². The number of ketones is 1. The zero-order chi connectivity index (χ0) is 17.6. The fourth-order valence-corrected chi connectivity index (χ4v) is 2.93. The highest BCUT2D eigenvalue weighted by molar-refractivity contribution is 6.31. The Morgan fingerprint density at radius 2 is 1.80 bits per heavy atom. The molecule has 0 aliphatic carbocycles. The van der Waals surface area contributed by atoms with Crippen molar-refractivity contribution in [3.05, 3.63) is 85.4 Å². The fourth-order valence-electron chi connectivity index (χ4n) is 2.76. The maximum Gasteiger partial charge on any atom is 0.274 e. The van der Waals surface area contributed by atoms with Gasteiger partial charge in [0.2, 0.25) is 5.78 Å². The smallest absolute Gasteiger partial charge is 0.274 e. The number of halogens is 1. The second-order valence-electron chi connectivity index (χ2n) is 5.49. The van der Waals surface area contributed by atoms with Gasteiger partial charge in [0.05, 0.1) is 10.9 Å². The summed E-state index contributed by atoms with van der Waals surface area (Å²) in [6, 6.07) is 13.0. The Morgan fingerprint density at radius 3 is 2.56 bits per heavy atom. The Labute approximate surface area is 145 Å². The van der Waals surface area contributed by atoms with E-state index in [0.29, 0.717) is 16.1 Å². The molecule has 0 aliphatic heterocycles. The maximum atomic E-state index is 13.0. The number of hydrogen-bond acceptors (Lipinski definition) is 4. The van der Waals surface area contributed by atoms with Crippen LogP contribution in [0.2, 0.25) is 5.02 Å². The summed E-state index contributed by atoms with van der Waals surface area (Å²) in [6.45, 7) is 0. The number of nitrogens with one attached hydrogen (secondary N) is 2. The van der Waals surface area contributed by atoms with Gasteiger partial charge >= 0.3 is 0 Å². The SMILES string of the molecule is O=C(c1ccccc1)c1n[nH]c2c(=O)[nH]c3cc(Cl)ccc3c(=O)c12. The van der Waals surface area contributed by atoms with Crippen molar-refractivity contribution in [3.63, 3.8) is 0 Å². The van der Waals surface area contributed by atoms with Crippen molar-refractivity contribution >= 4 is 39.2 Å². The van der Waals surface area contributed by atoms with Crippen molar-refractivity contribution in [2.24, 2.45) is 0 Å². The third-order valence-corrected chi connectivity index (χ3v) is 4.18. The van der Waals surface area contributed by atoms with Gasteiger partial charge < -0.3 is 4.98 Å². The van der Waals surface area contributed by atoms with Gasteiger partial charge in [-0.1, -0.05) is 41.9 Å². The summed E-state index contributed by atoms with van der Waals surface area (Å²) >= 11 is 5.94. The predicted molar refractivity (Wildman–Crippen MR) is 95.4 cm³/mol. The molecule has 0 saturated heterocycles. The third-order valence-electron chi connectivity index (χ3n) is 3.95. The van der Waals surface area contributed by atoms with Gasteiger partial charge in [-0.15, -0.1) is 0 Å². The van der Waals surface area contributed by atoms with Crippen LogP contribution in [0, 0.1) is 0 Å². The van der Waals surface area contributed by atoms with E-state index < -0.39 is 16.8 Å². The molecule has 6 nitrogen and oxygen atoms in total. The van der Waals surface area contributed by atoms with Gasteiger partial charge in [-0.3, -0.25) is 19.5 Å². The number of carbonyl (C=O) groups is 1. The topological polar surface area (TPSA) is 95.7 Å². The fraction of sp³-hybridized carbons (Fsp3) is 0. The lowest BCUT2D eigenvalue weighted by Gasteiger charge is -1.97. The average molecular weight is 352 g/mol. The summed E-state index contributed by atoms with van der Waals surface area (Å²) in [5, 5.41) is 7.04. The number of aromatic amines is 2. The molecular formula is C18H10ClN3O3. The first kappa shape index (κ1) is 15.3. The zero-order valence-corrected chi connectivity index (χ0v) is 13.4. The molecule has 2 heterocycles. The molecule has 0 saturated carbocycles. The highest BCUT2D eigenvalue weighted by Crippen LogP contribution is 2.18. The Hall–Kier alpha value is -3.25. The molecule has 0 fully saturated rings. The van der Waals surface area contributed by atoms with Crippen molar-refractivity contribution < 1.29 is 4.79 Å². The van der Waals surface area contributed by atoms with Crippen molar-refractivity contribution in [1.29, 1.82) is 0 Å². The van der Waals surface area contributed by atoms with Crippen molar-refractivity contribution in [1.82, 2.24) is 15.2 Å². The molecule has 0 bridgehead atoms. The monoisotopic (exact) mass is 351 g/mol. The number of carbonyl (C=O) groups excluding carboxylic acids is 1. The molecule has 0 radical (unpaired) electrons. The molecule has 7 heteroatoms. The van der Waals surface area contributed by atoms with E-state index >= 15 is 0 Å². The lowest BCUT2D eigenvalue weighted by molar-refractivity contribution is 0.103. The van der Waals surface area contributed by atoms with Crippen LogP contribution in [0.3, 0.4) is 0 Å². The number of nitrogens with zero attached hydrogens (tertiary/aromatic N) is 1. The van der Waals surface area contributed by atoms with Crippen LogP contribution in [0.15, 0.2) is 58.1 Å². The minimum atomic E-state index is -0.552. The summed E-state index contributed by atoms with van der Waals surface area (Å²) in [4.78, 5) is 40.7. The summed E-state index contributed by atoms with van der Waals surface area (Å²) in [7, 11) is 0. The van der Waals surface area contributed by atoms with E-state index in [2.05, 4.69) is 15.2 Å². The van der Waals surface area contributed by atoms with Crippen LogP contribution >= 0.6 is 11.6 Å². The summed E-state index contributed by atoms with van der Waals surface area (Å²) in [6.07, 6.45) is 0. The Morgan fingerprint density at radius 1 is 1.04 bits per heavy atom. The first-order valence-corrected chi connectivity index (χ1v) is 7.78. The Balaban J connectivity index is 2.13. The lowest BCUT2D eigenvalue weighted by atomic mass is 10.1. The van der Waals surface area contributed by atoms with E-state index in [1.165, 1.54) is 12.1 Å². The van der Waals surface area contributed by atoms with Crippen LogP contribution in [-0.4, -0.2) is 21.0 Å². The molecule has 25 heavy (non-hydrogen) atoms. The van der Waals surface area contributed by atoms with E-state index in [-0.39, 0.29) is 22.0 Å². The van der Waals surface area contributed by atoms with Crippen LogP contribution in [-0.2, 0) is 0 Å². The Kier molecular flexibility index (Phi) is 3.47. The van der Waals surface area contributed by atoms with E-state index in [4.69, 9.17) is 11.6 Å². The molecule has 2 aromatic heterocycles. The average Bonchev–Trinajstić information content (AvgIpc) is 3.03. The number of hydrogen-bond donors (Lipinski definition) is 2. The lowest BCUT2D eigenvalue weighted by Crippen LogP contribution is -2.08. The predicted octanol–water partition coefficient (Wildman–Crippen LogP) is 2.65. The van der Waals surface area contributed by atoms with Crippen LogP contribution in [0.5, 0.6) is 0 Å². The minimum absolute atomic E-state index is 0.0348. The van der Waals surface area contributed by atoms with Crippen molar-refractivity contribution in [2.75, 3.05) is 0 Å². The quantitative estimate of drug-likeness (QED) is 0.543. The van der Waals surface area contributed by atoms with Gasteiger partial charge in [0, 0.05) is 16.0 Å². The van der Waals surface area contributed by atoms with Crippen LogP contribution in [0.1, 0.15) is 16.1 Å². The molecular weight excluding hydrogens is 342 g/mol. The summed E-state index contributed by atoms with van der Waals surface area (Å²) in [5.74, 6) is -0.434. The van der Waals surface area contributed by atoms with Gasteiger partial charge in [0.15, 0.2) is 5.43 Å². The van der Waals surface area contributed by atoms with Gasteiger partial charge in [-0.05, 0) is 18.2 Å². The molecule has 0 spiro atoms.